The SMILES string of the molecule is CNC(=O)[C@@H](C1CCCC1)N1CCN(C(=O)c2ccccc2OC)CC1. The maximum absolute atomic E-state index is 12.9. The Kier molecular flexibility index (Phi) is 6.14. The van der Waals surface area contributed by atoms with Gasteiger partial charge >= 0.3 is 0 Å². The maximum atomic E-state index is 12.9. The van der Waals surface area contributed by atoms with Crippen LogP contribution in [-0.2, 0) is 4.79 Å². The van der Waals surface area contributed by atoms with Crippen molar-refractivity contribution in [1.82, 2.24) is 15.1 Å². The molecule has 0 radical (unpaired) electrons. The molecular weight excluding hydrogens is 330 g/mol. The van der Waals surface area contributed by atoms with Gasteiger partial charge in [-0.05, 0) is 30.9 Å². The molecule has 1 heterocycles. The van der Waals surface area contributed by atoms with E-state index in [1.807, 2.05) is 23.1 Å². The van der Waals surface area contributed by atoms with Crippen molar-refractivity contribution in [2.75, 3.05) is 40.3 Å². The predicted molar refractivity (Wildman–Crippen MR) is 100 cm³/mol. The molecule has 26 heavy (non-hydrogen) atoms. The highest BCUT2D eigenvalue weighted by Gasteiger charge is 2.37. The molecule has 3 rings (SSSR count). The number of piperazine rings is 1. The standard InChI is InChI=1S/C20H29N3O3/c1-21-19(24)18(15-7-3-4-8-15)22-11-13-23(14-12-22)20(25)16-9-5-6-10-17(16)26-2/h5-6,9-10,15,18H,3-4,7-8,11-14H2,1-2H3,(H,21,24)/t18-/m1/s1. The Hall–Kier alpha value is -2.08. The molecule has 0 unspecified atom stereocenters. The number of nitrogens with zero attached hydrogens (tertiary/aromatic N) is 2. The molecule has 0 aromatic heterocycles. The van der Waals surface area contributed by atoms with Crippen LogP contribution >= 0.6 is 0 Å². The van der Waals surface area contributed by atoms with Crippen LogP contribution in [-0.4, -0.2) is 68.0 Å². The molecule has 1 aliphatic heterocycles. The Balaban J connectivity index is 1.65. The minimum absolute atomic E-state index is 0.000501. The van der Waals surface area contributed by atoms with Crippen LogP contribution in [0.5, 0.6) is 5.75 Å². The van der Waals surface area contributed by atoms with Gasteiger partial charge in [-0.2, -0.15) is 0 Å². The fourth-order valence-electron chi connectivity index (χ4n) is 4.29. The number of hydrogen-bond donors (Lipinski definition) is 1. The fraction of sp³-hybridized carbons (Fsp3) is 0.600. The van der Waals surface area contributed by atoms with Crippen molar-refractivity contribution in [3.05, 3.63) is 29.8 Å². The van der Waals surface area contributed by atoms with Crippen molar-refractivity contribution >= 4 is 11.8 Å². The molecular formula is C20H29N3O3. The Morgan fingerprint density at radius 2 is 1.77 bits per heavy atom. The third-order valence-corrected chi connectivity index (χ3v) is 5.69. The summed E-state index contributed by atoms with van der Waals surface area (Å²) >= 11 is 0. The first-order valence-electron chi connectivity index (χ1n) is 9.53. The van der Waals surface area contributed by atoms with Crippen molar-refractivity contribution in [3.8, 4) is 5.75 Å². The Morgan fingerprint density at radius 3 is 2.38 bits per heavy atom. The lowest BCUT2D eigenvalue weighted by Crippen LogP contribution is -2.57. The van der Waals surface area contributed by atoms with Gasteiger partial charge < -0.3 is 15.0 Å². The molecule has 6 nitrogen and oxygen atoms in total. The van der Waals surface area contributed by atoms with Crippen molar-refractivity contribution in [2.24, 2.45) is 5.92 Å². The van der Waals surface area contributed by atoms with Crippen LogP contribution in [0.25, 0.3) is 0 Å². The van der Waals surface area contributed by atoms with Crippen LogP contribution in [0.1, 0.15) is 36.0 Å². The van der Waals surface area contributed by atoms with Gasteiger partial charge in [-0.25, -0.2) is 0 Å². The van der Waals surface area contributed by atoms with E-state index in [0.717, 1.165) is 25.9 Å². The number of rotatable bonds is 5. The first kappa shape index (κ1) is 18.7. The lowest BCUT2D eigenvalue weighted by atomic mass is 9.95. The molecule has 2 fully saturated rings. The lowest BCUT2D eigenvalue weighted by Gasteiger charge is -2.40. The number of hydrogen-bond acceptors (Lipinski definition) is 4. The van der Waals surface area contributed by atoms with Gasteiger partial charge in [-0.15, -0.1) is 0 Å². The molecule has 1 aliphatic carbocycles. The Labute approximate surface area is 155 Å². The van der Waals surface area contributed by atoms with E-state index in [1.54, 1.807) is 20.2 Å². The molecule has 2 amide bonds. The summed E-state index contributed by atoms with van der Waals surface area (Å²) in [7, 11) is 3.30. The van der Waals surface area contributed by atoms with Crippen LogP contribution in [0, 0.1) is 5.92 Å². The van der Waals surface area contributed by atoms with E-state index in [2.05, 4.69) is 10.2 Å². The molecule has 142 valence electrons. The van der Waals surface area contributed by atoms with Crippen molar-refractivity contribution in [3.63, 3.8) is 0 Å². The van der Waals surface area contributed by atoms with E-state index < -0.39 is 0 Å². The number of carbonyl (C=O) groups excluding carboxylic acids is 2. The van der Waals surface area contributed by atoms with Crippen LogP contribution in [0.15, 0.2) is 24.3 Å². The van der Waals surface area contributed by atoms with Crippen LogP contribution in [0.4, 0.5) is 0 Å². The molecule has 2 aliphatic rings. The summed E-state index contributed by atoms with van der Waals surface area (Å²) in [4.78, 5) is 29.4. The number of likely N-dealkylation sites (N-methyl/N-ethyl adjacent to an activating group) is 1. The highest BCUT2D eigenvalue weighted by atomic mass is 16.5. The summed E-state index contributed by atoms with van der Waals surface area (Å²) in [5.41, 5.74) is 0.599. The summed E-state index contributed by atoms with van der Waals surface area (Å²) in [6.45, 7) is 2.74. The van der Waals surface area contributed by atoms with Gasteiger partial charge in [-0.3, -0.25) is 14.5 Å². The second-order valence-electron chi connectivity index (χ2n) is 7.13. The van der Waals surface area contributed by atoms with E-state index in [-0.39, 0.29) is 17.9 Å². The normalized spacial score (nSPS) is 20.0. The lowest BCUT2D eigenvalue weighted by molar-refractivity contribution is -0.128. The summed E-state index contributed by atoms with van der Waals surface area (Å²) in [5.74, 6) is 1.15. The number of nitrogens with one attached hydrogen (secondary N) is 1. The van der Waals surface area contributed by atoms with Crippen molar-refractivity contribution in [2.45, 2.75) is 31.7 Å². The van der Waals surface area contributed by atoms with E-state index in [1.165, 1.54) is 12.8 Å². The van der Waals surface area contributed by atoms with Gasteiger partial charge in [0.1, 0.15) is 5.75 Å². The highest BCUT2D eigenvalue weighted by Crippen LogP contribution is 2.31. The zero-order valence-electron chi connectivity index (χ0n) is 15.7. The maximum Gasteiger partial charge on any atom is 0.257 e. The minimum Gasteiger partial charge on any atom is -0.496 e. The zero-order chi connectivity index (χ0) is 18.5. The van der Waals surface area contributed by atoms with Gasteiger partial charge in [0, 0.05) is 33.2 Å². The fourth-order valence-corrected chi connectivity index (χ4v) is 4.29. The quantitative estimate of drug-likeness (QED) is 0.870. The molecule has 1 N–H and O–H groups in total. The third-order valence-electron chi connectivity index (χ3n) is 5.69. The van der Waals surface area contributed by atoms with Gasteiger partial charge in [-0.1, -0.05) is 25.0 Å². The highest BCUT2D eigenvalue weighted by molar-refractivity contribution is 5.97. The van der Waals surface area contributed by atoms with E-state index >= 15 is 0 Å². The first-order valence-corrected chi connectivity index (χ1v) is 9.53. The van der Waals surface area contributed by atoms with Gasteiger partial charge in [0.05, 0.1) is 18.7 Å². The summed E-state index contributed by atoms with van der Waals surface area (Å²) < 4.78 is 5.32. The smallest absolute Gasteiger partial charge is 0.257 e. The average molecular weight is 359 g/mol. The third kappa shape index (κ3) is 3.85. The molecule has 1 aromatic carbocycles. The zero-order valence-corrected chi connectivity index (χ0v) is 15.7. The summed E-state index contributed by atoms with van der Waals surface area (Å²) in [6, 6.07) is 7.27. The van der Waals surface area contributed by atoms with Crippen LogP contribution < -0.4 is 10.1 Å². The van der Waals surface area contributed by atoms with Crippen LogP contribution in [0.2, 0.25) is 0 Å². The molecule has 1 atom stereocenters. The molecule has 0 bridgehead atoms. The van der Waals surface area contributed by atoms with Gasteiger partial charge in [0.25, 0.3) is 5.91 Å². The van der Waals surface area contributed by atoms with E-state index in [4.69, 9.17) is 4.74 Å². The number of benzene rings is 1. The average Bonchev–Trinajstić information content (AvgIpc) is 3.22. The minimum atomic E-state index is -0.0639. The van der Waals surface area contributed by atoms with E-state index in [9.17, 15) is 9.59 Å². The molecule has 6 heteroatoms. The number of para-hydroxylation sites is 1. The summed E-state index contributed by atoms with van der Waals surface area (Å²) in [6.07, 6.45) is 4.67. The van der Waals surface area contributed by atoms with Gasteiger partial charge in [0.15, 0.2) is 0 Å². The van der Waals surface area contributed by atoms with Gasteiger partial charge in [0.2, 0.25) is 5.91 Å². The Bertz CT molecular complexity index is 635. The monoisotopic (exact) mass is 359 g/mol. The molecule has 0 spiro atoms. The number of methoxy groups -OCH3 is 1. The molecule has 1 saturated carbocycles. The van der Waals surface area contributed by atoms with Crippen LogP contribution in [0.3, 0.4) is 0 Å². The predicted octanol–water partition coefficient (Wildman–Crippen LogP) is 1.76. The van der Waals surface area contributed by atoms with Crippen molar-refractivity contribution < 1.29 is 14.3 Å². The number of ether oxygens (including phenoxy) is 1. The molecule has 1 aromatic rings. The molecule has 1 saturated heterocycles. The summed E-state index contributed by atoms with van der Waals surface area (Å²) in [5, 5.41) is 2.84. The number of carbonyl (C=O) groups is 2. The van der Waals surface area contributed by atoms with Crippen molar-refractivity contribution in [1.29, 1.82) is 0 Å². The number of amides is 2. The largest absolute Gasteiger partial charge is 0.496 e. The second kappa shape index (κ2) is 8.54. The second-order valence-corrected chi connectivity index (χ2v) is 7.13. The first-order chi connectivity index (χ1) is 12.7. The Morgan fingerprint density at radius 1 is 1.12 bits per heavy atom. The van der Waals surface area contributed by atoms with E-state index in [0.29, 0.717) is 30.3 Å². The topological polar surface area (TPSA) is 61.9 Å².